The number of rotatable bonds is 4. The SMILES string of the molecule is CC(=O)Nc1ccc(NC(=O)c2ccc3c(c2)OCO3)c(N2CCOCC2)c1. The number of fused-ring (bicyclic) bond motifs is 1. The van der Waals surface area contributed by atoms with E-state index in [1.54, 1.807) is 30.3 Å². The molecule has 28 heavy (non-hydrogen) atoms. The third kappa shape index (κ3) is 3.86. The first-order valence-corrected chi connectivity index (χ1v) is 9.05. The van der Waals surface area contributed by atoms with Crippen LogP contribution in [0.3, 0.4) is 0 Å². The lowest BCUT2D eigenvalue weighted by Crippen LogP contribution is -2.36. The maximum atomic E-state index is 12.8. The topological polar surface area (TPSA) is 89.1 Å². The number of benzene rings is 2. The molecule has 4 rings (SSSR count). The number of morpholine rings is 1. The summed E-state index contributed by atoms with van der Waals surface area (Å²) in [5, 5.41) is 5.75. The van der Waals surface area contributed by atoms with Gasteiger partial charge in [-0.15, -0.1) is 0 Å². The molecule has 2 heterocycles. The molecule has 0 saturated carbocycles. The number of hydrogen-bond donors (Lipinski definition) is 2. The molecule has 2 aliphatic rings. The minimum Gasteiger partial charge on any atom is -0.454 e. The maximum absolute atomic E-state index is 12.8. The van der Waals surface area contributed by atoms with Gasteiger partial charge >= 0.3 is 0 Å². The van der Waals surface area contributed by atoms with E-state index in [1.807, 2.05) is 6.07 Å². The smallest absolute Gasteiger partial charge is 0.255 e. The van der Waals surface area contributed by atoms with Crippen LogP contribution in [-0.4, -0.2) is 44.9 Å². The Bertz CT molecular complexity index is 909. The highest BCUT2D eigenvalue weighted by molar-refractivity contribution is 6.06. The second kappa shape index (κ2) is 7.77. The fourth-order valence-corrected chi connectivity index (χ4v) is 3.22. The highest BCUT2D eigenvalue weighted by Gasteiger charge is 2.20. The Morgan fingerprint density at radius 1 is 0.964 bits per heavy atom. The summed E-state index contributed by atoms with van der Waals surface area (Å²) in [6, 6.07) is 10.5. The van der Waals surface area contributed by atoms with Gasteiger partial charge in [-0.3, -0.25) is 9.59 Å². The van der Waals surface area contributed by atoms with Crippen molar-refractivity contribution in [3.05, 3.63) is 42.0 Å². The van der Waals surface area contributed by atoms with Crippen LogP contribution in [0.2, 0.25) is 0 Å². The van der Waals surface area contributed by atoms with E-state index in [9.17, 15) is 9.59 Å². The summed E-state index contributed by atoms with van der Waals surface area (Å²) in [6.45, 7) is 4.25. The van der Waals surface area contributed by atoms with Crippen molar-refractivity contribution in [2.45, 2.75) is 6.92 Å². The van der Waals surface area contributed by atoms with Gasteiger partial charge in [-0.25, -0.2) is 0 Å². The first kappa shape index (κ1) is 18.1. The third-order valence-corrected chi connectivity index (χ3v) is 4.55. The van der Waals surface area contributed by atoms with Gasteiger partial charge in [0.15, 0.2) is 11.5 Å². The van der Waals surface area contributed by atoms with Gasteiger partial charge in [-0.1, -0.05) is 0 Å². The number of nitrogens with one attached hydrogen (secondary N) is 2. The van der Waals surface area contributed by atoms with Crippen LogP contribution < -0.4 is 25.0 Å². The molecular formula is C20H21N3O5. The van der Waals surface area contributed by atoms with Crippen molar-refractivity contribution >= 4 is 28.9 Å². The van der Waals surface area contributed by atoms with Gasteiger partial charge in [-0.05, 0) is 36.4 Å². The molecule has 2 aromatic rings. The normalized spacial score (nSPS) is 15.2. The molecule has 0 atom stereocenters. The lowest BCUT2D eigenvalue weighted by Gasteiger charge is -2.31. The quantitative estimate of drug-likeness (QED) is 0.843. The van der Waals surface area contributed by atoms with Crippen LogP contribution in [0.15, 0.2) is 36.4 Å². The zero-order valence-electron chi connectivity index (χ0n) is 15.5. The van der Waals surface area contributed by atoms with Gasteiger partial charge < -0.3 is 29.7 Å². The molecule has 8 nitrogen and oxygen atoms in total. The molecule has 0 bridgehead atoms. The maximum Gasteiger partial charge on any atom is 0.255 e. The molecule has 146 valence electrons. The van der Waals surface area contributed by atoms with E-state index < -0.39 is 0 Å². The Labute approximate surface area is 162 Å². The average Bonchev–Trinajstić information content (AvgIpc) is 3.17. The van der Waals surface area contributed by atoms with Crippen molar-refractivity contribution < 1.29 is 23.8 Å². The van der Waals surface area contributed by atoms with Gasteiger partial charge in [0.25, 0.3) is 5.91 Å². The second-order valence-corrected chi connectivity index (χ2v) is 6.53. The molecular weight excluding hydrogens is 362 g/mol. The number of carbonyl (C=O) groups is 2. The predicted octanol–water partition coefficient (Wildman–Crippen LogP) is 2.46. The summed E-state index contributed by atoms with van der Waals surface area (Å²) in [5.74, 6) is 0.789. The first-order valence-electron chi connectivity index (χ1n) is 9.05. The van der Waals surface area contributed by atoms with Crippen LogP contribution in [0.4, 0.5) is 17.1 Å². The molecule has 1 saturated heterocycles. The van der Waals surface area contributed by atoms with E-state index in [4.69, 9.17) is 14.2 Å². The lowest BCUT2D eigenvalue weighted by atomic mass is 10.1. The van der Waals surface area contributed by atoms with Gasteiger partial charge in [0.1, 0.15) is 0 Å². The van der Waals surface area contributed by atoms with Gasteiger partial charge in [-0.2, -0.15) is 0 Å². The number of anilines is 3. The summed E-state index contributed by atoms with van der Waals surface area (Å²) in [5.41, 5.74) is 2.65. The highest BCUT2D eigenvalue weighted by Crippen LogP contribution is 2.34. The standard InChI is InChI=1S/C20H21N3O5/c1-13(24)21-15-3-4-16(17(11-15)23-6-8-26-9-7-23)22-20(25)14-2-5-18-19(10-14)28-12-27-18/h2-5,10-11H,6-9,12H2,1H3,(H,21,24)(H,22,25). The average molecular weight is 383 g/mol. The monoisotopic (exact) mass is 383 g/mol. The van der Waals surface area contributed by atoms with E-state index in [1.165, 1.54) is 6.92 Å². The van der Waals surface area contributed by atoms with Crippen LogP contribution in [0.5, 0.6) is 11.5 Å². The molecule has 0 spiro atoms. The summed E-state index contributed by atoms with van der Waals surface area (Å²) < 4.78 is 16.1. The Hall–Kier alpha value is -3.26. The Balaban J connectivity index is 1.60. The molecule has 1 fully saturated rings. The van der Waals surface area contributed by atoms with Crippen molar-refractivity contribution in [1.29, 1.82) is 0 Å². The fourth-order valence-electron chi connectivity index (χ4n) is 3.22. The predicted molar refractivity (Wildman–Crippen MR) is 104 cm³/mol. The molecule has 2 N–H and O–H groups in total. The highest BCUT2D eigenvalue weighted by atomic mass is 16.7. The molecule has 0 aromatic heterocycles. The molecule has 8 heteroatoms. The molecule has 2 amide bonds. The van der Waals surface area contributed by atoms with Crippen molar-refractivity contribution in [2.24, 2.45) is 0 Å². The number of nitrogens with zero attached hydrogens (tertiary/aromatic N) is 1. The zero-order valence-corrected chi connectivity index (χ0v) is 15.5. The van der Waals surface area contributed by atoms with E-state index in [0.29, 0.717) is 54.7 Å². The number of carbonyl (C=O) groups excluding carboxylic acids is 2. The van der Waals surface area contributed by atoms with Crippen molar-refractivity contribution in [3.8, 4) is 11.5 Å². The van der Waals surface area contributed by atoms with Crippen molar-refractivity contribution in [1.82, 2.24) is 0 Å². The van der Waals surface area contributed by atoms with Crippen LogP contribution in [-0.2, 0) is 9.53 Å². The Morgan fingerprint density at radius 2 is 1.75 bits per heavy atom. The van der Waals surface area contributed by atoms with Crippen LogP contribution in [0.1, 0.15) is 17.3 Å². The Kier molecular flexibility index (Phi) is 5.03. The largest absolute Gasteiger partial charge is 0.454 e. The van der Waals surface area contributed by atoms with Gasteiger partial charge in [0, 0.05) is 31.3 Å². The lowest BCUT2D eigenvalue weighted by molar-refractivity contribution is -0.114. The summed E-state index contributed by atoms with van der Waals surface area (Å²) in [6.07, 6.45) is 0. The van der Waals surface area contributed by atoms with E-state index >= 15 is 0 Å². The number of ether oxygens (including phenoxy) is 3. The summed E-state index contributed by atoms with van der Waals surface area (Å²) in [4.78, 5) is 26.3. The Morgan fingerprint density at radius 3 is 2.54 bits per heavy atom. The zero-order chi connectivity index (χ0) is 19.5. The van der Waals surface area contributed by atoms with Gasteiger partial charge in [0.05, 0.1) is 24.6 Å². The van der Waals surface area contributed by atoms with E-state index in [2.05, 4.69) is 15.5 Å². The minimum absolute atomic E-state index is 0.148. The molecule has 0 aliphatic carbocycles. The minimum atomic E-state index is -0.250. The molecule has 2 aliphatic heterocycles. The first-order chi connectivity index (χ1) is 13.6. The number of amides is 2. The fraction of sp³-hybridized carbons (Fsp3) is 0.300. The molecule has 0 unspecified atom stereocenters. The molecule has 0 radical (unpaired) electrons. The van der Waals surface area contributed by atoms with E-state index in [0.717, 1.165) is 5.69 Å². The second-order valence-electron chi connectivity index (χ2n) is 6.53. The van der Waals surface area contributed by atoms with Crippen molar-refractivity contribution in [2.75, 3.05) is 48.6 Å². The van der Waals surface area contributed by atoms with Crippen LogP contribution in [0, 0.1) is 0 Å². The number of hydrogen-bond acceptors (Lipinski definition) is 6. The van der Waals surface area contributed by atoms with Crippen LogP contribution >= 0.6 is 0 Å². The summed E-state index contributed by atoms with van der Waals surface area (Å²) in [7, 11) is 0. The van der Waals surface area contributed by atoms with Crippen LogP contribution in [0.25, 0.3) is 0 Å². The van der Waals surface area contributed by atoms with E-state index in [-0.39, 0.29) is 18.6 Å². The van der Waals surface area contributed by atoms with Gasteiger partial charge in [0.2, 0.25) is 12.7 Å². The molecule has 2 aromatic carbocycles. The van der Waals surface area contributed by atoms with Crippen molar-refractivity contribution in [3.63, 3.8) is 0 Å². The third-order valence-electron chi connectivity index (χ3n) is 4.55. The summed E-state index contributed by atoms with van der Waals surface area (Å²) >= 11 is 0.